The molecule has 2 heteroatoms. The molecule has 0 fully saturated rings. The van der Waals surface area contributed by atoms with Gasteiger partial charge in [-0.05, 0) is 31.2 Å². The van der Waals surface area contributed by atoms with Gasteiger partial charge in [-0.3, -0.25) is 0 Å². The first kappa shape index (κ1) is 13.4. The molecular weight excluding hydrogens is 224 g/mol. The van der Waals surface area contributed by atoms with E-state index < -0.39 is 0 Å². The van der Waals surface area contributed by atoms with Crippen LogP contribution in [0, 0.1) is 6.92 Å². The van der Waals surface area contributed by atoms with Crippen molar-refractivity contribution >= 4 is 0 Å². The van der Waals surface area contributed by atoms with Crippen molar-refractivity contribution in [2.24, 2.45) is 0 Å². The second kappa shape index (κ2) is 4.93. The number of benzene rings is 1. The lowest BCUT2D eigenvalue weighted by Crippen LogP contribution is -2.28. The predicted octanol–water partition coefficient (Wildman–Crippen LogP) is 3.98. The molecule has 1 unspecified atom stereocenters. The quantitative estimate of drug-likeness (QED) is 0.788. The Labute approximate surface area is 110 Å². The summed E-state index contributed by atoms with van der Waals surface area (Å²) in [5.41, 5.74) is 4.04. The van der Waals surface area contributed by atoms with Crippen molar-refractivity contribution in [2.75, 3.05) is 6.61 Å². The van der Waals surface area contributed by atoms with Gasteiger partial charge in [-0.15, -0.1) is 0 Å². The summed E-state index contributed by atoms with van der Waals surface area (Å²) in [6, 6.07) is 4.49. The Bertz CT molecular complexity index is 429. The zero-order valence-corrected chi connectivity index (χ0v) is 12.2. The number of aryl methyl sites for hydroxylation is 2. The van der Waals surface area contributed by atoms with E-state index in [1.807, 2.05) is 6.92 Å². The average molecular weight is 248 g/mol. The van der Waals surface area contributed by atoms with E-state index >= 15 is 0 Å². The van der Waals surface area contributed by atoms with E-state index in [4.69, 9.17) is 9.47 Å². The van der Waals surface area contributed by atoms with Gasteiger partial charge in [-0.1, -0.05) is 38.5 Å². The van der Waals surface area contributed by atoms with E-state index in [1.165, 1.54) is 16.7 Å². The van der Waals surface area contributed by atoms with Crippen LogP contribution in [-0.2, 0) is 16.6 Å². The second-order valence-electron chi connectivity index (χ2n) is 6.09. The predicted molar refractivity (Wildman–Crippen MR) is 74.2 cm³/mol. The highest BCUT2D eigenvalue weighted by Crippen LogP contribution is 2.39. The minimum atomic E-state index is -0.0775. The Kier molecular flexibility index (Phi) is 3.67. The van der Waals surface area contributed by atoms with Crippen LogP contribution in [0.3, 0.4) is 0 Å². The normalized spacial score (nSPS) is 19.3. The molecule has 0 saturated carbocycles. The van der Waals surface area contributed by atoms with Crippen LogP contribution in [0.25, 0.3) is 0 Å². The summed E-state index contributed by atoms with van der Waals surface area (Å²) in [5.74, 6) is 1.05. The zero-order valence-electron chi connectivity index (χ0n) is 12.2. The van der Waals surface area contributed by atoms with Crippen molar-refractivity contribution in [1.82, 2.24) is 0 Å². The zero-order chi connectivity index (χ0) is 13.3. The lowest BCUT2D eigenvalue weighted by Gasteiger charge is -2.32. The fourth-order valence-corrected chi connectivity index (χ4v) is 2.50. The molecule has 0 saturated heterocycles. The van der Waals surface area contributed by atoms with Gasteiger partial charge >= 0.3 is 0 Å². The van der Waals surface area contributed by atoms with Crippen molar-refractivity contribution < 1.29 is 9.47 Å². The molecule has 0 aliphatic carbocycles. The van der Waals surface area contributed by atoms with E-state index in [0.717, 1.165) is 18.6 Å². The molecule has 1 aliphatic heterocycles. The molecule has 2 nitrogen and oxygen atoms in total. The third-order valence-electron chi connectivity index (χ3n) is 3.37. The van der Waals surface area contributed by atoms with Gasteiger partial charge in [0, 0.05) is 18.6 Å². The SMILES string of the molecule is CCOC1CCc2cc(C)cc(C(C)(C)C)c2O1. The monoisotopic (exact) mass is 248 g/mol. The van der Waals surface area contributed by atoms with Crippen molar-refractivity contribution in [3.05, 3.63) is 28.8 Å². The highest BCUT2D eigenvalue weighted by atomic mass is 16.7. The summed E-state index contributed by atoms with van der Waals surface area (Å²) in [6.07, 6.45) is 1.92. The number of hydrogen-bond donors (Lipinski definition) is 0. The van der Waals surface area contributed by atoms with Crippen LogP contribution in [0.4, 0.5) is 0 Å². The highest BCUT2D eigenvalue weighted by molar-refractivity contribution is 5.48. The summed E-state index contributed by atoms with van der Waals surface area (Å²) in [6.45, 7) is 11.6. The maximum Gasteiger partial charge on any atom is 0.200 e. The number of ether oxygens (including phenoxy) is 2. The molecule has 1 heterocycles. The van der Waals surface area contributed by atoms with Gasteiger partial charge in [0.2, 0.25) is 0 Å². The molecule has 0 spiro atoms. The summed E-state index contributed by atoms with van der Waals surface area (Å²) in [5, 5.41) is 0. The van der Waals surface area contributed by atoms with Gasteiger partial charge in [0.1, 0.15) is 5.75 Å². The maximum absolute atomic E-state index is 6.06. The van der Waals surface area contributed by atoms with Gasteiger partial charge in [-0.2, -0.15) is 0 Å². The van der Waals surface area contributed by atoms with Gasteiger partial charge in [0.25, 0.3) is 0 Å². The summed E-state index contributed by atoms with van der Waals surface area (Å²) in [4.78, 5) is 0. The molecule has 1 atom stereocenters. The molecule has 0 amide bonds. The molecule has 0 aromatic heterocycles. The summed E-state index contributed by atoms with van der Waals surface area (Å²) >= 11 is 0. The van der Waals surface area contributed by atoms with E-state index in [2.05, 4.69) is 39.8 Å². The lowest BCUT2D eigenvalue weighted by atomic mass is 9.83. The molecule has 1 aromatic rings. The van der Waals surface area contributed by atoms with Crippen LogP contribution < -0.4 is 4.74 Å². The van der Waals surface area contributed by atoms with Crippen LogP contribution in [0.15, 0.2) is 12.1 Å². The highest BCUT2D eigenvalue weighted by Gasteiger charge is 2.27. The van der Waals surface area contributed by atoms with Gasteiger partial charge in [-0.25, -0.2) is 0 Å². The Morgan fingerprint density at radius 2 is 2.06 bits per heavy atom. The molecule has 0 N–H and O–H groups in total. The van der Waals surface area contributed by atoms with Crippen LogP contribution in [0.1, 0.15) is 50.8 Å². The van der Waals surface area contributed by atoms with Gasteiger partial charge in [0.15, 0.2) is 6.29 Å². The maximum atomic E-state index is 6.06. The van der Waals surface area contributed by atoms with E-state index in [0.29, 0.717) is 6.61 Å². The van der Waals surface area contributed by atoms with E-state index in [1.54, 1.807) is 0 Å². The first-order valence-electron chi connectivity index (χ1n) is 6.84. The van der Waals surface area contributed by atoms with Crippen LogP contribution in [0.5, 0.6) is 5.75 Å². The Morgan fingerprint density at radius 3 is 2.67 bits per heavy atom. The average Bonchev–Trinajstić information content (AvgIpc) is 2.27. The third kappa shape index (κ3) is 2.69. The fraction of sp³-hybridized carbons (Fsp3) is 0.625. The number of rotatable bonds is 2. The largest absolute Gasteiger partial charge is 0.464 e. The Balaban J connectivity index is 2.41. The lowest BCUT2D eigenvalue weighted by molar-refractivity contribution is -0.0869. The molecule has 18 heavy (non-hydrogen) atoms. The van der Waals surface area contributed by atoms with Gasteiger partial charge < -0.3 is 9.47 Å². The van der Waals surface area contributed by atoms with Crippen LogP contribution >= 0.6 is 0 Å². The number of hydrogen-bond acceptors (Lipinski definition) is 2. The molecule has 0 bridgehead atoms. The molecular formula is C16H24O2. The molecule has 100 valence electrons. The minimum Gasteiger partial charge on any atom is -0.464 e. The first-order valence-corrected chi connectivity index (χ1v) is 6.84. The van der Waals surface area contributed by atoms with Crippen molar-refractivity contribution in [3.8, 4) is 5.75 Å². The van der Waals surface area contributed by atoms with Crippen molar-refractivity contribution in [1.29, 1.82) is 0 Å². The van der Waals surface area contributed by atoms with Gasteiger partial charge in [0.05, 0.1) is 0 Å². The Morgan fingerprint density at radius 1 is 1.33 bits per heavy atom. The van der Waals surface area contributed by atoms with Crippen LogP contribution in [-0.4, -0.2) is 12.9 Å². The van der Waals surface area contributed by atoms with Crippen LogP contribution in [0.2, 0.25) is 0 Å². The summed E-state index contributed by atoms with van der Waals surface area (Å²) in [7, 11) is 0. The second-order valence-corrected chi connectivity index (χ2v) is 6.09. The topological polar surface area (TPSA) is 18.5 Å². The number of fused-ring (bicyclic) bond motifs is 1. The van der Waals surface area contributed by atoms with E-state index in [9.17, 15) is 0 Å². The standard InChI is InChI=1S/C16H24O2/c1-6-17-14-8-7-12-9-11(2)10-13(15(12)18-14)16(3,4)5/h9-10,14H,6-8H2,1-5H3. The Hall–Kier alpha value is -1.02. The summed E-state index contributed by atoms with van der Waals surface area (Å²) < 4.78 is 11.7. The molecule has 2 rings (SSSR count). The molecule has 1 aromatic carbocycles. The molecule has 1 aliphatic rings. The van der Waals surface area contributed by atoms with Crippen molar-refractivity contribution in [3.63, 3.8) is 0 Å². The fourth-order valence-electron chi connectivity index (χ4n) is 2.50. The first-order chi connectivity index (χ1) is 8.41. The van der Waals surface area contributed by atoms with E-state index in [-0.39, 0.29) is 11.7 Å². The minimum absolute atomic E-state index is 0.0775. The third-order valence-corrected chi connectivity index (χ3v) is 3.37. The van der Waals surface area contributed by atoms with Crippen molar-refractivity contribution in [2.45, 2.75) is 59.2 Å². The smallest absolute Gasteiger partial charge is 0.200 e. The molecule has 0 radical (unpaired) electrons.